The van der Waals surface area contributed by atoms with Crippen molar-refractivity contribution < 1.29 is 15.0 Å². The minimum absolute atomic E-state index is 0.0213. The number of benzene rings is 1. The molecule has 0 unspecified atom stereocenters. The van der Waals surface area contributed by atoms with Crippen LogP contribution in [0, 0.1) is 13.8 Å². The molecule has 0 fully saturated rings. The summed E-state index contributed by atoms with van der Waals surface area (Å²) in [5.41, 5.74) is 0.934. The summed E-state index contributed by atoms with van der Waals surface area (Å²) in [6.07, 6.45) is 0. The Morgan fingerprint density at radius 1 is 1.32 bits per heavy atom. The summed E-state index contributed by atoms with van der Waals surface area (Å²) in [5, 5.41) is 20.1. The Morgan fingerprint density at radius 2 is 2.04 bits per heavy atom. The van der Waals surface area contributed by atoms with Crippen LogP contribution in [-0.2, 0) is 7.05 Å². The van der Waals surface area contributed by atoms with Gasteiger partial charge in [-0.1, -0.05) is 11.8 Å². The van der Waals surface area contributed by atoms with Gasteiger partial charge in [-0.2, -0.15) is 0 Å². The lowest BCUT2D eigenvalue weighted by Gasteiger charge is -2.08. The van der Waals surface area contributed by atoms with Gasteiger partial charge in [0.05, 0.1) is 16.7 Å². The molecule has 25 heavy (non-hydrogen) atoms. The number of aromatic nitrogens is 2. The maximum Gasteiger partial charge on any atom is 0.262 e. The lowest BCUT2D eigenvalue weighted by Crippen LogP contribution is -2.20. The van der Waals surface area contributed by atoms with E-state index in [1.807, 2.05) is 13.8 Å². The number of fused-ring (bicyclic) bond motifs is 1. The van der Waals surface area contributed by atoms with Gasteiger partial charge in [-0.3, -0.25) is 14.2 Å². The van der Waals surface area contributed by atoms with Crippen molar-refractivity contribution in [1.82, 2.24) is 9.55 Å². The molecule has 3 aromatic rings. The number of phenolic OH excluding ortho intramolecular Hbond substituents is 2. The van der Waals surface area contributed by atoms with Crippen LogP contribution in [0.3, 0.4) is 0 Å². The Bertz CT molecular complexity index is 1050. The monoisotopic (exact) mass is 376 g/mol. The number of Topliss-reactive ketones (excluding diaryl/α,β-unsaturated/α-hetero) is 1. The molecule has 0 atom stereocenters. The molecule has 0 radical (unpaired) electrons. The van der Waals surface area contributed by atoms with E-state index in [9.17, 15) is 19.8 Å². The second-order valence-electron chi connectivity index (χ2n) is 5.64. The van der Waals surface area contributed by atoms with Crippen molar-refractivity contribution in [3.63, 3.8) is 0 Å². The zero-order chi connectivity index (χ0) is 18.3. The summed E-state index contributed by atoms with van der Waals surface area (Å²) in [5.74, 6) is -0.671. The fourth-order valence-electron chi connectivity index (χ4n) is 2.45. The van der Waals surface area contributed by atoms with Crippen molar-refractivity contribution in [3.05, 3.63) is 44.6 Å². The molecule has 0 aliphatic rings. The first-order valence-electron chi connectivity index (χ1n) is 7.44. The van der Waals surface area contributed by atoms with Gasteiger partial charge in [0, 0.05) is 18.0 Å². The molecule has 0 spiro atoms. The average molecular weight is 376 g/mol. The lowest BCUT2D eigenvalue weighted by molar-refractivity contribution is 0.102. The summed E-state index contributed by atoms with van der Waals surface area (Å²) in [6, 6.07) is 3.83. The van der Waals surface area contributed by atoms with Gasteiger partial charge < -0.3 is 10.2 Å². The summed E-state index contributed by atoms with van der Waals surface area (Å²) in [7, 11) is 1.63. The number of nitrogens with zero attached hydrogens (tertiary/aromatic N) is 2. The van der Waals surface area contributed by atoms with E-state index in [1.165, 1.54) is 28.0 Å². The van der Waals surface area contributed by atoms with E-state index >= 15 is 0 Å². The molecule has 0 aliphatic heterocycles. The first-order chi connectivity index (χ1) is 11.8. The quantitative estimate of drug-likeness (QED) is 0.413. The summed E-state index contributed by atoms with van der Waals surface area (Å²) < 4.78 is 1.44. The Hall–Kier alpha value is -2.32. The average Bonchev–Trinajstić information content (AvgIpc) is 2.84. The van der Waals surface area contributed by atoms with Gasteiger partial charge in [0.25, 0.3) is 5.56 Å². The summed E-state index contributed by atoms with van der Waals surface area (Å²) in [4.78, 5) is 31.1. The first kappa shape index (κ1) is 17.5. The third-order valence-electron chi connectivity index (χ3n) is 3.98. The maximum atomic E-state index is 12.6. The normalized spacial score (nSPS) is 11.2. The highest BCUT2D eigenvalue weighted by molar-refractivity contribution is 7.99. The fraction of sp³-hybridized carbons (Fsp3) is 0.235. The smallest absolute Gasteiger partial charge is 0.262 e. The number of aryl methyl sites for hydroxylation is 2. The molecular formula is C17H16N2O4S2. The van der Waals surface area contributed by atoms with Gasteiger partial charge in [0.15, 0.2) is 10.9 Å². The van der Waals surface area contributed by atoms with E-state index in [2.05, 4.69) is 4.98 Å². The topological polar surface area (TPSA) is 92.4 Å². The number of aromatic hydroxyl groups is 2. The molecule has 6 nitrogen and oxygen atoms in total. The summed E-state index contributed by atoms with van der Waals surface area (Å²) >= 11 is 2.60. The predicted octanol–water partition coefficient (Wildman–Crippen LogP) is 3.00. The number of hydrogen-bond donors (Lipinski definition) is 2. The Labute approximate surface area is 151 Å². The van der Waals surface area contributed by atoms with Gasteiger partial charge in [-0.15, -0.1) is 11.3 Å². The minimum Gasteiger partial charge on any atom is -0.508 e. The van der Waals surface area contributed by atoms with Gasteiger partial charge in [-0.25, -0.2) is 4.98 Å². The molecular weight excluding hydrogens is 360 g/mol. The van der Waals surface area contributed by atoms with Crippen molar-refractivity contribution in [1.29, 1.82) is 0 Å². The number of carbonyl (C=O) groups is 1. The van der Waals surface area contributed by atoms with Crippen LogP contribution in [0.2, 0.25) is 0 Å². The molecule has 3 rings (SSSR count). The van der Waals surface area contributed by atoms with Crippen LogP contribution in [0.1, 0.15) is 20.8 Å². The van der Waals surface area contributed by atoms with Gasteiger partial charge in [-0.05, 0) is 31.5 Å². The van der Waals surface area contributed by atoms with Gasteiger partial charge in [0.2, 0.25) is 0 Å². The first-order valence-corrected chi connectivity index (χ1v) is 9.24. The van der Waals surface area contributed by atoms with Crippen molar-refractivity contribution in [3.8, 4) is 11.5 Å². The Kier molecular flexibility index (Phi) is 4.57. The molecule has 130 valence electrons. The minimum atomic E-state index is -0.310. The Balaban J connectivity index is 1.89. The fourth-order valence-corrected chi connectivity index (χ4v) is 4.37. The van der Waals surface area contributed by atoms with Crippen molar-refractivity contribution in [2.24, 2.45) is 7.05 Å². The van der Waals surface area contributed by atoms with Crippen LogP contribution >= 0.6 is 23.1 Å². The molecule has 2 N–H and O–H groups in total. The molecule has 8 heteroatoms. The van der Waals surface area contributed by atoms with E-state index in [-0.39, 0.29) is 34.2 Å². The highest BCUT2D eigenvalue weighted by Crippen LogP contribution is 2.29. The summed E-state index contributed by atoms with van der Waals surface area (Å²) in [6.45, 7) is 3.85. The third-order valence-corrected chi connectivity index (χ3v) is 6.11. The van der Waals surface area contributed by atoms with Crippen molar-refractivity contribution in [2.45, 2.75) is 19.0 Å². The van der Waals surface area contributed by atoms with E-state index < -0.39 is 0 Å². The molecule has 0 bridgehead atoms. The number of rotatable bonds is 4. The maximum absolute atomic E-state index is 12.6. The third kappa shape index (κ3) is 3.14. The van der Waals surface area contributed by atoms with Crippen LogP contribution in [0.25, 0.3) is 10.2 Å². The molecule has 0 amide bonds. The van der Waals surface area contributed by atoms with Crippen molar-refractivity contribution >= 4 is 39.1 Å². The van der Waals surface area contributed by atoms with E-state index in [1.54, 1.807) is 7.05 Å². The largest absolute Gasteiger partial charge is 0.508 e. The molecule has 0 aliphatic carbocycles. The number of carbonyl (C=O) groups excluding carboxylic acids is 1. The highest BCUT2D eigenvalue weighted by Gasteiger charge is 2.17. The van der Waals surface area contributed by atoms with Gasteiger partial charge >= 0.3 is 0 Å². The van der Waals surface area contributed by atoms with Crippen LogP contribution in [0.5, 0.6) is 11.5 Å². The SMILES string of the molecule is Cc1sc2nc(SCC(=O)c3ccc(O)cc3O)n(C)c(=O)c2c1C. The van der Waals surface area contributed by atoms with E-state index in [0.29, 0.717) is 15.4 Å². The zero-order valence-electron chi connectivity index (χ0n) is 13.9. The Morgan fingerprint density at radius 3 is 2.72 bits per heavy atom. The number of thioether (sulfide) groups is 1. The highest BCUT2D eigenvalue weighted by atomic mass is 32.2. The number of phenols is 2. The van der Waals surface area contributed by atoms with Crippen LogP contribution in [-0.4, -0.2) is 31.3 Å². The standard InChI is InChI=1S/C17H16N2O4S2/c1-8-9(2)25-15-14(8)16(23)19(3)17(18-15)24-7-13(22)11-5-4-10(20)6-12(11)21/h4-6,20-21H,7H2,1-3H3. The van der Waals surface area contributed by atoms with Crippen LogP contribution in [0.15, 0.2) is 28.2 Å². The van der Waals surface area contributed by atoms with E-state index in [0.717, 1.165) is 28.3 Å². The molecule has 1 aromatic carbocycles. The zero-order valence-corrected chi connectivity index (χ0v) is 15.5. The number of thiophene rings is 1. The van der Waals surface area contributed by atoms with Crippen molar-refractivity contribution in [2.75, 3.05) is 5.75 Å². The molecule has 2 aromatic heterocycles. The number of ketones is 1. The van der Waals surface area contributed by atoms with Crippen LogP contribution < -0.4 is 5.56 Å². The molecule has 2 heterocycles. The molecule has 0 saturated heterocycles. The lowest BCUT2D eigenvalue weighted by atomic mass is 10.1. The second-order valence-corrected chi connectivity index (χ2v) is 7.78. The van der Waals surface area contributed by atoms with Gasteiger partial charge in [0.1, 0.15) is 16.3 Å². The van der Waals surface area contributed by atoms with Crippen LogP contribution in [0.4, 0.5) is 0 Å². The number of hydrogen-bond acceptors (Lipinski definition) is 7. The molecule has 0 saturated carbocycles. The van der Waals surface area contributed by atoms with E-state index in [4.69, 9.17) is 0 Å². The predicted molar refractivity (Wildman–Crippen MR) is 99.2 cm³/mol. The second kappa shape index (κ2) is 6.53.